The van der Waals surface area contributed by atoms with Crippen molar-refractivity contribution in [1.29, 1.82) is 0 Å². The van der Waals surface area contributed by atoms with E-state index in [-0.39, 0.29) is 0 Å². The summed E-state index contributed by atoms with van der Waals surface area (Å²) < 4.78 is 287. The van der Waals surface area contributed by atoms with Crippen molar-refractivity contribution in [3.05, 3.63) is 12.2 Å². The molecule has 1 atom stereocenters. The Hall–Kier alpha value is -2.79. The molecular weight excluding hydrogens is 679 g/mol. The van der Waals surface area contributed by atoms with Gasteiger partial charge in [-0.05, 0) is 13.8 Å². The molecule has 0 aromatic heterocycles. The summed E-state index contributed by atoms with van der Waals surface area (Å²) in [6.07, 6.45) is -19.0. The van der Waals surface area contributed by atoms with E-state index in [0.717, 1.165) is 13.8 Å². The zero-order chi connectivity index (χ0) is 35.4. The molecule has 0 rings (SSSR count). The van der Waals surface area contributed by atoms with Crippen LogP contribution in [0.4, 0.5) is 92.2 Å². The highest BCUT2D eigenvalue weighted by Crippen LogP contribution is 2.66. The molecule has 0 aliphatic carbocycles. The number of halogens is 21. The van der Waals surface area contributed by atoms with E-state index in [4.69, 9.17) is 0 Å². The van der Waals surface area contributed by atoms with E-state index in [9.17, 15) is 102 Å². The summed E-state index contributed by atoms with van der Waals surface area (Å²) in [5, 5.41) is 0. The Kier molecular flexibility index (Phi) is 10.3. The molecule has 0 aliphatic heterocycles. The average molecular weight is 690 g/mol. The van der Waals surface area contributed by atoms with Crippen molar-refractivity contribution < 1.29 is 111 Å². The van der Waals surface area contributed by atoms with Gasteiger partial charge in [0.1, 0.15) is 0 Å². The predicted octanol–water partition coefficient (Wildman–Crippen LogP) is 7.67. The molecule has 0 fully saturated rings. The highest BCUT2D eigenvalue weighted by atomic mass is 19.4. The SMILES string of the molecule is C=C(CC(=O)OC(C)C)C(=O)OC(F)(C(F)(F)F)C(F)(F)C(F)(F)C(F)(F)C(F)(F)C(F)(F)C(F)(F)C(F)(F)C(F)(F)F. The third kappa shape index (κ3) is 5.99. The second-order valence-electron chi connectivity index (χ2n) is 8.32. The molecule has 0 saturated heterocycles. The van der Waals surface area contributed by atoms with E-state index in [2.05, 4.69) is 16.1 Å². The van der Waals surface area contributed by atoms with Gasteiger partial charge in [0.25, 0.3) is 0 Å². The van der Waals surface area contributed by atoms with Crippen LogP contribution >= 0.6 is 0 Å². The smallest absolute Gasteiger partial charge is 0.463 e. The summed E-state index contributed by atoms with van der Waals surface area (Å²) in [7, 11) is 0. The Labute approximate surface area is 222 Å². The monoisotopic (exact) mass is 690 g/mol. The summed E-state index contributed by atoms with van der Waals surface area (Å²) in [4.78, 5) is 22.9. The number of ether oxygens (including phenoxy) is 2. The topological polar surface area (TPSA) is 52.6 Å². The molecule has 0 aliphatic rings. The van der Waals surface area contributed by atoms with Gasteiger partial charge in [0.2, 0.25) is 0 Å². The lowest BCUT2D eigenvalue weighted by Gasteiger charge is -2.44. The lowest BCUT2D eigenvalue weighted by atomic mass is 9.87. The van der Waals surface area contributed by atoms with Gasteiger partial charge in [-0.25, -0.2) is 4.79 Å². The summed E-state index contributed by atoms with van der Waals surface area (Å²) in [6, 6.07) is 0. The number of hydrogen-bond acceptors (Lipinski definition) is 4. The van der Waals surface area contributed by atoms with Crippen LogP contribution in [-0.2, 0) is 19.1 Å². The van der Waals surface area contributed by atoms with Crippen molar-refractivity contribution in [3.8, 4) is 0 Å². The molecule has 1 unspecified atom stereocenters. The number of rotatable bonds is 12. The Morgan fingerprint density at radius 2 is 0.837 bits per heavy atom. The molecule has 0 amide bonds. The molecule has 25 heteroatoms. The van der Waals surface area contributed by atoms with Gasteiger partial charge in [0.05, 0.1) is 12.5 Å². The number of hydrogen-bond donors (Lipinski definition) is 0. The third-order valence-electron chi connectivity index (χ3n) is 4.74. The first-order valence-corrected chi connectivity index (χ1v) is 9.94. The molecule has 43 heavy (non-hydrogen) atoms. The second-order valence-corrected chi connectivity index (χ2v) is 8.32. The van der Waals surface area contributed by atoms with Crippen molar-refractivity contribution >= 4 is 11.9 Å². The first-order valence-electron chi connectivity index (χ1n) is 9.94. The van der Waals surface area contributed by atoms with Crippen molar-refractivity contribution in [2.24, 2.45) is 0 Å². The predicted molar refractivity (Wildman–Crippen MR) is 91.7 cm³/mol. The van der Waals surface area contributed by atoms with Crippen LogP contribution in [0.3, 0.4) is 0 Å². The molecule has 0 aromatic rings. The van der Waals surface area contributed by atoms with Gasteiger partial charge in [0, 0.05) is 5.57 Å². The van der Waals surface area contributed by atoms with Crippen molar-refractivity contribution in [3.63, 3.8) is 0 Å². The first-order chi connectivity index (χ1) is 18.4. The minimum atomic E-state index is -9.33. The van der Waals surface area contributed by atoms with Gasteiger partial charge in [0.15, 0.2) is 0 Å². The third-order valence-corrected chi connectivity index (χ3v) is 4.74. The minimum absolute atomic E-state index is 1.07. The average Bonchev–Trinajstić information content (AvgIpc) is 2.75. The Bertz CT molecular complexity index is 1070. The summed E-state index contributed by atoms with van der Waals surface area (Å²) >= 11 is 0. The summed E-state index contributed by atoms with van der Waals surface area (Å²) in [6.45, 7) is 4.48. The Morgan fingerprint density at radius 1 is 0.535 bits per heavy atom. The molecule has 0 spiro atoms. The lowest BCUT2D eigenvalue weighted by molar-refractivity contribution is -0.484. The maximum Gasteiger partial charge on any atom is 0.467 e. The minimum Gasteiger partial charge on any atom is -0.463 e. The van der Waals surface area contributed by atoms with Gasteiger partial charge >= 0.3 is 71.6 Å². The Balaban J connectivity index is 7.10. The fraction of sp³-hybridized carbons (Fsp3) is 0.778. The van der Waals surface area contributed by atoms with Gasteiger partial charge in [-0.1, -0.05) is 6.58 Å². The number of alkyl halides is 21. The van der Waals surface area contributed by atoms with Gasteiger partial charge in [-0.15, -0.1) is 0 Å². The fourth-order valence-electron chi connectivity index (χ4n) is 2.42. The molecular formula is C18H11F21O4. The molecule has 0 N–H and O–H groups in total. The quantitative estimate of drug-likeness (QED) is 0.120. The van der Waals surface area contributed by atoms with Gasteiger partial charge in [-0.3, -0.25) is 4.79 Å². The molecule has 0 heterocycles. The van der Waals surface area contributed by atoms with Crippen molar-refractivity contribution in [2.75, 3.05) is 0 Å². The fourth-order valence-corrected chi connectivity index (χ4v) is 2.42. The van der Waals surface area contributed by atoms with E-state index in [0.29, 0.717) is 0 Å². The molecule has 0 saturated carbocycles. The standard InChI is InChI=1S/C18H11F21O4/c1-5(2)42-7(40)4-6(3)8(41)43-16(33,18(37,38)39)14(29,30)12(25,26)10(21,22)9(19,20)11(23,24)13(27,28)15(31,32)17(34,35)36/h5H,3-4H2,1-2H3. The van der Waals surface area contributed by atoms with Crippen molar-refractivity contribution in [1.82, 2.24) is 0 Å². The van der Waals surface area contributed by atoms with Crippen LogP contribution < -0.4 is 0 Å². The van der Waals surface area contributed by atoms with Crippen LogP contribution in [0.15, 0.2) is 12.2 Å². The van der Waals surface area contributed by atoms with E-state index in [1.54, 1.807) is 0 Å². The van der Waals surface area contributed by atoms with E-state index in [1.165, 1.54) is 0 Å². The summed E-state index contributed by atoms with van der Waals surface area (Å²) in [5.41, 5.74) is -1.95. The van der Waals surface area contributed by atoms with Crippen LogP contribution in [0.1, 0.15) is 20.3 Å². The molecule has 254 valence electrons. The lowest BCUT2D eigenvalue weighted by Crippen LogP contribution is -2.77. The maximum atomic E-state index is 14.4. The first kappa shape index (κ1) is 40.2. The largest absolute Gasteiger partial charge is 0.467 e. The number of carbonyl (C=O) groups is 2. The van der Waals surface area contributed by atoms with Crippen LogP contribution in [-0.4, -0.2) is 77.7 Å². The normalized spacial score (nSPS) is 16.6. The van der Waals surface area contributed by atoms with E-state index in [1.807, 2.05) is 0 Å². The highest BCUT2D eigenvalue weighted by molar-refractivity contribution is 5.93. The van der Waals surface area contributed by atoms with E-state index >= 15 is 0 Å². The number of esters is 2. The van der Waals surface area contributed by atoms with Gasteiger partial charge < -0.3 is 9.47 Å². The van der Waals surface area contributed by atoms with E-state index < -0.39 is 89.7 Å². The van der Waals surface area contributed by atoms with Crippen LogP contribution in [0, 0.1) is 0 Å². The van der Waals surface area contributed by atoms with Gasteiger partial charge in [-0.2, -0.15) is 92.2 Å². The Morgan fingerprint density at radius 3 is 1.12 bits per heavy atom. The number of carbonyl (C=O) groups excluding carboxylic acids is 2. The molecule has 0 radical (unpaired) electrons. The molecule has 4 nitrogen and oxygen atoms in total. The zero-order valence-corrected chi connectivity index (χ0v) is 20.1. The van der Waals surface area contributed by atoms with Crippen LogP contribution in [0.5, 0.6) is 0 Å². The molecule has 0 aromatic carbocycles. The van der Waals surface area contributed by atoms with Crippen molar-refractivity contribution in [2.45, 2.75) is 86.0 Å². The zero-order valence-electron chi connectivity index (χ0n) is 20.1. The van der Waals surface area contributed by atoms with Crippen LogP contribution in [0.2, 0.25) is 0 Å². The summed E-state index contributed by atoms with van der Waals surface area (Å²) in [5.74, 6) is -76.6. The maximum absolute atomic E-state index is 14.4. The second kappa shape index (κ2) is 11.0. The molecule has 0 bridgehead atoms. The highest BCUT2D eigenvalue weighted by Gasteiger charge is 2.98. The van der Waals surface area contributed by atoms with Crippen LogP contribution in [0.25, 0.3) is 0 Å².